The second-order valence-corrected chi connectivity index (χ2v) is 6.57. The fraction of sp³-hybridized carbons (Fsp3) is 0.136. The summed E-state index contributed by atoms with van der Waals surface area (Å²) in [4.78, 5) is 25.3. The van der Waals surface area contributed by atoms with Crippen LogP contribution in [-0.4, -0.2) is 34.3 Å². The Morgan fingerprint density at radius 1 is 1.00 bits per heavy atom. The highest BCUT2D eigenvalue weighted by Crippen LogP contribution is 2.29. The van der Waals surface area contributed by atoms with Gasteiger partial charge in [-0.05, 0) is 18.2 Å². The van der Waals surface area contributed by atoms with E-state index in [4.69, 9.17) is 9.47 Å². The van der Waals surface area contributed by atoms with Crippen LogP contribution in [0, 0.1) is 0 Å². The molecule has 0 radical (unpaired) electrons. The predicted octanol–water partition coefficient (Wildman–Crippen LogP) is 2.82. The van der Waals surface area contributed by atoms with Gasteiger partial charge in [0.05, 0.1) is 19.9 Å². The number of ether oxygens (including phenoxy) is 2. The van der Waals surface area contributed by atoms with Gasteiger partial charge in [-0.15, -0.1) is 0 Å². The van der Waals surface area contributed by atoms with E-state index in [-0.39, 0.29) is 18.0 Å². The Labute approximate surface area is 172 Å². The molecule has 4 rings (SSSR count). The minimum absolute atomic E-state index is 0.129. The Hall–Kier alpha value is -4.07. The second kappa shape index (κ2) is 8.12. The molecule has 30 heavy (non-hydrogen) atoms. The molecule has 1 N–H and O–H groups in total. The molecule has 0 bridgehead atoms. The van der Waals surface area contributed by atoms with Gasteiger partial charge >= 0.3 is 0 Å². The Morgan fingerprint density at radius 3 is 2.50 bits per heavy atom. The number of hydrogen-bond acceptors (Lipinski definition) is 5. The van der Waals surface area contributed by atoms with Gasteiger partial charge in [0.1, 0.15) is 12.1 Å². The van der Waals surface area contributed by atoms with Crippen LogP contribution in [0.3, 0.4) is 0 Å². The number of carbonyl (C=O) groups excluding carboxylic acids is 1. The Bertz CT molecular complexity index is 1260. The third-order valence-electron chi connectivity index (χ3n) is 4.65. The Morgan fingerprint density at radius 2 is 1.77 bits per heavy atom. The maximum atomic E-state index is 12.8. The molecular formula is C22H20N4O4. The molecule has 152 valence electrons. The summed E-state index contributed by atoms with van der Waals surface area (Å²) in [7, 11) is 3.06. The van der Waals surface area contributed by atoms with E-state index in [1.807, 2.05) is 30.3 Å². The molecule has 0 unspecified atom stereocenters. The normalized spacial score (nSPS) is 10.7. The highest BCUT2D eigenvalue weighted by atomic mass is 16.5. The average molecular weight is 404 g/mol. The number of nitrogens with zero attached hydrogens (tertiary/aromatic N) is 3. The minimum atomic E-state index is -0.337. The van der Waals surface area contributed by atoms with Crippen LogP contribution >= 0.6 is 0 Å². The van der Waals surface area contributed by atoms with Crippen LogP contribution in [0.15, 0.2) is 71.8 Å². The number of benzene rings is 2. The van der Waals surface area contributed by atoms with E-state index in [2.05, 4.69) is 10.4 Å². The lowest BCUT2D eigenvalue weighted by molar-refractivity contribution is -0.116. The number of rotatable bonds is 6. The summed E-state index contributed by atoms with van der Waals surface area (Å²) in [5.74, 6) is 0.727. The molecule has 0 fully saturated rings. The lowest BCUT2D eigenvalue weighted by atomic mass is 10.1. The van der Waals surface area contributed by atoms with Crippen LogP contribution in [-0.2, 0) is 11.3 Å². The predicted molar refractivity (Wildman–Crippen MR) is 113 cm³/mol. The monoisotopic (exact) mass is 404 g/mol. The molecule has 8 nitrogen and oxygen atoms in total. The molecule has 4 aromatic rings. The number of methoxy groups -OCH3 is 2. The number of anilines is 1. The SMILES string of the molecule is COc1ccc(NC(=O)Cn2ccn3nc(-c4ccccc4)cc3c2=O)cc1OC. The molecular weight excluding hydrogens is 384 g/mol. The summed E-state index contributed by atoms with van der Waals surface area (Å²) >= 11 is 0. The first-order chi connectivity index (χ1) is 14.6. The van der Waals surface area contributed by atoms with Crippen molar-refractivity contribution in [3.63, 3.8) is 0 Å². The van der Waals surface area contributed by atoms with Gasteiger partial charge in [0.15, 0.2) is 11.5 Å². The average Bonchev–Trinajstić information content (AvgIpc) is 3.21. The van der Waals surface area contributed by atoms with Crippen molar-refractivity contribution in [2.24, 2.45) is 0 Å². The zero-order valence-electron chi connectivity index (χ0n) is 16.5. The maximum absolute atomic E-state index is 12.8. The molecule has 8 heteroatoms. The van der Waals surface area contributed by atoms with E-state index in [1.165, 1.54) is 16.2 Å². The summed E-state index contributed by atoms with van der Waals surface area (Å²) in [6, 6.07) is 16.4. The zero-order valence-corrected chi connectivity index (χ0v) is 16.5. The molecule has 0 aliphatic heterocycles. The van der Waals surface area contributed by atoms with E-state index in [1.54, 1.807) is 43.8 Å². The molecule has 0 saturated heterocycles. The van der Waals surface area contributed by atoms with Crippen molar-refractivity contribution >= 4 is 17.1 Å². The van der Waals surface area contributed by atoms with Gasteiger partial charge < -0.3 is 19.4 Å². The highest BCUT2D eigenvalue weighted by Gasteiger charge is 2.12. The lowest BCUT2D eigenvalue weighted by Gasteiger charge is -2.11. The summed E-state index contributed by atoms with van der Waals surface area (Å²) in [5.41, 5.74) is 2.26. The van der Waals surface area contributed by atoms with E-state index >= 15 is 0 Å². The van der Waals surface area contributed by atoms with E-state index in [9.17, 15) is 9.59 Å². The number of nitrogens with one attached hydrogen (secondary N) is 1. The van der Waals surface area contributed by atoms with Crippen LogP contribution in [0.4, 0.5) is 5.69 Å². The fourth-order valence-electron chi connectivity index (χ4n) is 3.17. The van der Waals surface area contributed by atoms with Gasteiger partial charge in [-0.2, -0.15) is 5.10 Å². The third kappa shape index (κ3) is 3.75. The molecule has 1 amide bonds. The van der Waals surface area contributed by atoms with E-state index in [0.717, 1.165) is 5.56 Å². The number of aromatic nitrogens is 3. The van der Waals surface area contributed by atoms with Crippen molar-refractivity contribution in [1.82, 2.24) is 14.2 Å². The van der Waals surface area contributed by atoms with Gasteiger partial charge in [0.2, 0.25) is 5.91 Å². The highest BCUT2D eigenvalue weighted by molar-refractivity contribution is 5.91. The van der Waals surface area contributed by atoms with Gasteiger partial charge in [-0.1, -0.05) is 30.3 Å². The summed E-state index contributed by atoms with van der Waals surface area (Å²) < 4.78 is 13.3. The molecule has 0 saturated carbocycles. The van der Waals surface area contributed by atoms with Crippen LogP contribution < -0.4 is 20.3 Å². The van der Waals surface area contributed by atoms with Crippen molar-refractivity contribution in [2.45, 2.75) is 6.54 Å². The quantitative estimate of drug-likeness (QED) is 0.534. The molecule has 2 aromatic heterocycles. The minimum Gasteiger partial charge on any atom is -0.493 e. The Balaban J connectivity index is 1.56. The largest absolute Gasteiger partial charge is 0.493 e. The topological polar surface area (TPSA) is 86.9 Å². The standard InChI is InChI=1S/C22H20N4O4/c1-29-19-9-8-16(12-20(19)30-2)23-21(27)14-25-10-11-26-18(22(25)28)13-17(24-26)15-6-4-3-5-7-15/h3-13H,14H2,1-2H3,(H,23,27). The maximum Gasteiger partial charge on any atom is 0.277 e. The molecule has 0 aliphatic carbocycles. The first-order valence-corrected chi connectivity index (χ1v) is 9.25. The summed E-state index contributed by atoms with van der Waals surface area (Å²) in [5, 5.41) is 7.21. The van der Waals surface area contributed by atoms with E-state index in [0.29, 0.717) is 28.4 Å². The van der Waals surface area contributed by atoms with Crippen molar-refractivity contribution in [3.05, 3.63) is 77.3 Å². The molecule has 2 aromatic carbocycles. The third-order valence-corrected chi connectivity index (χ3v) is 4.65. The van der Waals surface area contributed by atoms with Crippen LogP contribution in [0.5, 0.6) is 11.5 Å². The van der Waals surface area contributed by atoms with Crippen LogP contribution in [0.2, 0.25) is 0 Å². The van der Waals surface area contributed by atoms with Crippen molar-refractivity contribution in [1.29, 1.82) is 0 Å². The first-order valence-electron chi connectivity index (χ1n) is 9.25. The van der Waals surface area contributed by atoms with Crippen molar-refractivity contribution in [3.8, 4) is 22.8 Å². The van der Waals surface area contributed by atoms with Crippen molar-refractivity contribution < 1.29 is 14.3 Å². The van der Waals surface area contributed by atoms with Gasteiger partial charge in [0, 0.05) is 29.7 Å². The van der Waals surface area contributed by atoms with Gasteiger partial charge in [-0.3, -0.25) is 9.59 Å². The van der Waals surface area contributed by atoms with Gasteiger partial charge in [0.25, 0.3) is 5.56 Å². The fourth-order valence-corrected chi connectivity index (χ4v) is 3.17. The number of fused-ring (bicyclic) bond motifs is 1. The number of hydrogen-bond donors (Lipinski definition) is 1. The molecule has 0 aliphatic rings. The molecule has 0 spiro atoms. The Kier molecular flexibility index (Phi) is 5.21. The molecule has 0 atom stereocenters. The first kappa shape index (κ1) is 19.3. The summed E-state index contributed by atoms with van der Waals surface area (Å²) in [6.45, 7) is -0.129. The van der Waals surface area contributed by atoms with Crippen LogP contribution in [0.1, 0.15) is 0 Å². The van der Waals surface area contributed by atoms with Crippen molar-refractivity contribution in [2.75, 3.05) is 19.5 Å². The molecule has 2 heterocycles. The number of amides is 1. The smallest absolute Gasteiger partial charge is 0.277 e. The van der Waals surface area contributed by atoms with Gasteiger partial charge in [-0.25, -0.2) is 4.52 Å². The lowest BCUT2D eigenvalue weighted by Crippen LogP contribution is -2.28. The zero-order chi connectivity index (χ0) is 21.1. The van der Waals surface area contributed by atoms with E-state index < -0.39 is 0 Å². The second-order valence-electron chi connectivity index (χ2n) is 6.57. The number of carbonyl (C=O) groups is 1. The van der Waals surface area contributed by atoms with Crippen LogP contribution in [0.25, 0.3) is 16.8 Å². The summed E-state index contributed by atoms with van der Waals surface area (Å²) in [6.07, 6.45) is 3.21.